The van der Waals surface area contributed by atoms with Gasteiger partial charge in [0.15, 0.2) is 5.13 Å². The molecule has 5 rings (SSSR count). The molecule has 2 aromatic carbocycles. The zero-order chi connectivity index (χ0) is 24.6. The summed E-state index contributed by atoms with van der Waals surface area (Å²) in [5, 5.41) is 2.67. The van der Waals surface area contributed by atoms with E-state index in [-0.39, 0.29) is 19.7 Å². The highest BCUT2D eigenvalue weighted by Crippen LogP contribution is 2.37. The number of aromatic nitrogens is 1. The van der Waals surface area contributed by atoms with E-state index in [1.165, 1.54) is 29.7 Å². The molecule has 188 valence electrons. The fourth-order valence-corrected chi connectivity index (χ4v) is 6.70. The van der Waals surface area contributed by atoms with Gasteiger partial charge in [0.25, 0.3) is 10.0 Å². The van der Waals surface area contributed by atoms with Gasteiger partial charge in [-0.2, -0.15) is 0 Å². The minimum absolute atomic E-state index is 0. The number of anilines is 2. The predicted molar refractivity (Wildman–Crippen MR) is 141 cm³/mol. The fraction of sp³-hybridized carbons (Fsp3) is 0.333. The van der Waals surface area contributed by atoms with Crippen LogP contribution in [0.5, 0.6) is 0 Å². The van der Waals surface area contributed by atoms with E-state index < -0.39 is 15.6 Å². The maximum atomic E-state index is 13.6. The standard InChI is InChI=1S/C24H25ClN4O4S2.2H2/c1-24(17-2-4-18(25)5-3-17)16-33-14-13-29(24)21-10-12-28(22(21)30)19-6-8-20(9-7-19)35(31,32)27-23-26-11-15-34-23;;/h2-9,11,15,21H,10,12-14,16H2,1H3,(H,26,27);2*1H/t21-,24?;;/m0../s1. The number of hydrogen-bond acceptors (Lipinski definition) is 7. The summed E-state index contributed by atoms with van der Waals surface area (Å²) in [6.07, 6.45) is 2.21. The lowest BCUT2D eigenvalue weighted by atomic mass is 9.88. The van der Waals surface area contributed by atoms with Crippen LogP contribution in [-0.2, 0) is 25.1 Å². The van der Waals surface area contributed by atoms with Crippen LogP contribution in [0.2, 0.25) is 5.02 Å². The predicted octanol–water partition coefficient (Wildman–Crippen LogP) is 4.44. The van der Waals surface area contributed by atoms with Crippen LogP contribution in [0.25, 0.3) is 0 Å². The minimum Gasteiger partial charge on any atom is -0.378 e. The zero-order valence-corrected chi connectivity index (χ0v) is 21.4. The van der Waals surface area contributed by atoms with Crippen molar-refractivity contribution in [2.45, 2.75) is 29.8 Å². The third-order valence-corrected chi connectivity index (χ3v) is 9.05. The number of amides is 1. The van der Waals surface area contributed by atoms with Gasteiger partial charge in [-0.25, -0.2) is 13.4 Å². The Bertz CT molecular complexity index is 1310. The molecule has 1 N–H and O–H groups in total. The Labute approximate surface area is 216 Å². The third-order valence-electron chi connectivity index (χ3n) is 6.63. The number of hydrogen-bond donors (Lipinski definition) is 1. The molecule has 0 aliphatic carbocycles. The molecule has 8 nitrogen and oxygen atoms in total. The Kier molecular flexibility index (Phi) is 6.58. The molecule has 0 saturated carbocycles. The van der Waals surface area contributed by atoms with Gasteiger partial charge in [-0.1, -0.05) is 23.7 Å². The second-order valence-electron chi connectivity index (χ2n) is 8.76. The largest absolute Gasteiger partial charge is 0.378 e. The van der Waals surface area contributed by atoms with Crippen LogP contribution < -0.4 is 9.62 Å². The zero-order valence-electron chi connectivity index (χ0n) is 19.1. The number of halogens is 1. The Morgan fingerprint density at radius 1 is 1.17 bits per heavy atom. The molecule has 2 fully saturated rings. The van der Waals surface area contributed by atoms with Crippen LogP contribution in [0.1, 0.15) is 21.8 Å². The number of morpholine rings is 1. The summed E-state index contributed by atoms with van der Waals surface area (Å²) >= 11 is 7.30. The summed E-state index contributed by atoms with van der Waals surface area (Å²) in [5.41, 5.74) is 1.26. The number of sulfonamides is 1. The Hall–Kier alpha value is -2.50. The number of carbonyl (C=O) groups is 1. The van der Waals surface area contributed by atoms with Crippen molar-refractivity contribution in [2.75, 3.05) is 35.9 Å². The van der Waals surface area contributed by atoms with Crippen molar-refractivity contribution in [3.8, 4) is 0 Å². The first kappa shape index (κ1) is 24.2. The van der Waals surface area contributed by atoms with E-state index in [2.05, 4.69) is 21.5 Å². The van der Waals surface area contributed by atoms with Crippen LogP contribution in [0, 0.1) is 0 Å². The number of thiazole rings is 1. The molecule has 2 aliphatic heterocycles. The van der Waals surface area contributed by atoms with Crippen LogP contribution >= 0.6 is 22.9 Å². The summed E-state index contributed by atoms with van der Waals surface area (Å²) in [4.78, 5) is 21.6. The monoisotopic (exact) mass is 536 g/mol. The molecular weight excluding hydrogens is 508 g/mol. The van der Waals surface area contributed by atoms with Gasteiger partial charge in [0.2, 0.25) is 5.91 Å². The Morgan fingerprint density at radius 2 is 1.91 bits per heavy atom. The number of nitrogens with zero attached hydrogens (tertiary/aromatic N) is 3. The van der Waals surface area contributed by atoms with Gasteiger partial charge in [0.1, 0.15) is 0 Å². The molecular formula is C24H29ClN4O4S2. The van der Waals surface area contributed by atoms with Gasteiger partial charge in [0, 0.05) is 38.2 Å². The van der Waals surface area contributed by atoms with Crippen LogP contribution in [0.15, 0.2) is 65.0 Å². The van der Waals surface area contributed by atoms with Gasteiger partial charge in [-0.3, -0.25) is 14.4 Å². The molecule has 3 heterocycles. The summed E-state index contributed by atoms with van der Waals surface area (Å²) in [6.45, 7) is 4.34. The fourth-order valence-electron chi connectivity index (χ4n) is 4.78. The molecule has 2 aliphatic rings. The van der Waals surface area contributed by atoms with Crippen LogP contribution in [0.4, 0.5) is 10.8 Å². The smallest absolute Gasteiger partial charge is 0.263 e. The number of carbonyl (C=O) groups excluding carboxylic acids is 1. The van der Waals surface area contributed by atoms with Crippen molar-refractivity contribution in [2.24, 2.45) is 0 Å². The first-order valence-corrected chi connectivity index (χ1v) is 14.0. The van der Waals surface area contributed by atoms with E-state index in [1.54, 1.807) is 22.4 Å². The molecule has 1 amide bonds. The number of nitrogens with one attached hydrogen (secondary N) is 1. The maximum Gasteiger partial charge on any atom is 0.263 e. The summed E-state index contributed by atoms with van der Waals surface area (Å²) in [7, 11) is -3.75. The highest BCUT2D eigenvalue weighted by atomic mass is 35.5. The second kappa shape index (κ2) is 9.51. The minimum atomic E-state index is -3.75. The van der Waals surface area contributed by atoms with Gasteiger partial charge >= 0.3 is 0 Å². The lowest BCUT2D eigenvalue weighted by molar-refractivity contribution is -0.131. The van der Waals surface area contributed by atoms with E-state index in [1.807, 2.05) is 24.3 Å². The van der Waals surface area contributed by atoms with Crippen molar-refractivity contribution < 1.29 is 20.8 Å². The average molecular weight is 537 g/mol. The molecule has 0 bridgehead atoms. The Balaban J connectivity index is 0.00000190. The Morgan fingerprint density at radius 3 is 2.60 bits per heavy atom. The van der Waals surface area contributed by atoms with Gasteiger partial charge < -0.3 is 9.64 Å². The first-order valence-electron chi connectivity index (χ1n) is 11.2. The highest BCUT2D eigenvalue weighted by molar-refractivity contribution is 7.93. The van der Waals surface area contributed by atoms with Gasteiger partial charge in [-0.15, -0.1) is 11.3 Å². The van der Waals surface area contributed by atoms with Crippen molar-refractivity contribution in [1.82, 2.24) is 9.88 Å². The summed E-state index contributed by atoms with van der Waals surface area (Å²) in [6, 6.07) is 13.8. The molecule has 11 heteroatoms. The van der Waals surface area contributed by atoms with E-state index in [0.717, 1.165) is 5.56 Å². The second-order valence-corrected chi connectivity index (χ2v) is 11.8. The van der Waals surface area contributed by atoms with Crippen LogP contribution in [0.3, 0.4) is 0 Å². The quantitative estimate of drug-likeness (QED) is 0.500. The summed E-state index contributed by atoms with van der Waals surface area (Å²) < 4.78 is 33.5. The van der Waals surface area contributed by atoms with Crippen molar-refractivity contribution >= 4 is 49.7 Å². The number of rotatable bonds is 6. The highest BCUT2D eigenvalue weighted by Gasteiger charge is 2.46. The van der Waals surface area contributed by atoms with Crippen molar-refractivity contribution in [1.29, 1.82) is 0 Å². The van der Waals surface area contributed by atoms with E-state index in [4.69, 9.17) is 16.3 Å². The molecule has 1 aromatic heterocycles. The molecule has 35 heavy (non-hydrogen) atoms. The molecule has 3 aromatic rings. The molecule has 2 saturated heterocycles. The first-order chi connectivity index (χ1) is 16.8. The van der Waals surface area contributed by atoms with Crippen molar-refractivity contribution in [3.63, 3.8) is 0 Å². The lowest BCUT2D eigenvalue weighted by Crippen LogP contribution is -2.58. The number of benzene rings is 2. The molecule has 2 atom stereocenters. The van der Waals surface area contributed by atoms with E-state index in [0.29, 0.717) is 48.6 Å². The molecule has 1 unspecified atom stereocenters. The number of ether oxygens (including phenoxy) is 1. The van der Waals surface area contributed by atoms with Gasteiger partial charge in [-0.05, 0) is 55.3 Å². The maximum absolute atomic E-state index is 13.6. The SMILES string of the molecule is CC1(c2ccc(Cl)cc2)COCCN1[C@H]1CCN(c2ccc(S(=O)(=O)Nc3nccs3)cc2)C1=O.[HH].[HH]. The van der Waals surface area contributed by atoms with Crippen molar-refractivity contribution in [3.05, 3.63) is 70.7 Å². The molecule has 0 radical (unpaired) electrons. The van der Waals surface area contributed by atoms with Crippen LogP contribution in [-0.4, -0.2) is 56.6 Å². The average Bonchev–Trinajstić information content (AvgIpc) is 3.49. The third kappa shape index (κ3) is 4.68. The normalized spacial score (nSPS) is 23.5. The summed E-state index contributed by atoms with van der Waals surface area (Å²) in [5.74, 6) is 0.00334. The van der Waals surface area contributed by atoms with E-state index in [9.17, 15) is 13.2 Å². The van der Waals surface area contributed by atoms with E-state index >= 15 is 0 Å². The van der Waals surface area contributed by atoms with Gasteiger partial charge in [0.05, 0.1) is 29.7 Å². The molecule has 0 spiro atoms. The topological polar surface area (TPSA) is 91.8 Å². The lowest BCUT2D eigenvalue weighted by Gasteiger charge is -2.47.